The number of amides is 1. The summed E-state index contributed by atoms with van der Waals surface area (Å²) in [6, 6.07) is 9.56. The molecule has 174 valence electrons. The molecule has 4 rings (SSSR count). The molecule has 0 fully saturated rings. The van der Waals surface area contributed by atoms with Crippen LogP contribution in [0.15, 0.2) is 64.8 Å². The van der Waals surface area contributed by atoms with Gasteiger partial charge in [-0.1, -0.05) is 41.5 Å². The van der Waals surface area contributed by atoms with Crippen LogP contribution in [0.5, 0.6) is 5.75 Å². The lowest BCUT2D eigenvalue weighted by Gasteiger charge is -2.16. The molecule has 0 atom stereocenters. The van der Waals surface area contributed by atoms with Crippen molar-refractivity contribution in [1.29, 1.82) is 0 Å². The number of hydrogen-bond acceptors (Lipinski definition) is 3. The number of aliphatic imine (C=N–C) groups is 1. The third kappa shape index (κ3) is 6.81. The van der Waals surface area contributed by atoms with Crippen molar-refractivity contribution in [2.75, 3.05) is 0 Å². The third-order valence-electron chi connectivity index (χ3n) is 5.27. The number of alkyl halides is 3. The Morgan fingerprint density at radius 2 is 1.76 bits per heavy atom. The van der Waals surface area contributed by atoms with Gasteiger partial charge in [0.25, 0.3) is 5.91 Å². The predicted molar refractivity (Wildman–Crippen MR) is 123 cm³/mol. The third-order valence-corrected chi connectivity index (χ3v) is 5.27. The number of rotatable bonds is 3. The maximum Gasteiger partial charge on any atom is 0.573 e. The summed E-state index contributed by atoms with van der Waals surface area (Å²) in [4.78, 5) is 18.3. The summed E-state index contributed by atoms with van der Waals surface area (Å²) < 4.78 is 40.3. The quantitative estimate of drug-likeness (QED) is 0.518. The highest BCUT2D eigenvalue weighted by atomic mass is 19.4. The molecule has 1 amide bonds. The van der Waals surface area contributed by atoms with Crippen molar-refractivity contribution in [3.05, 3.63) is 87.6 Å². The van der Waals surface area contributed by atoms with Crippen molar-refractivity contribution in [3.8, 4) is 5.75 Å². The Kier molecular flexibility index (Phi) is 7.41. The molecule has 2 heterocycles. The fourth-order valence-electron chi connectivity index (χ4n) is 3.78. The summed E-state index contributed by atoms with van der Waals surface area (Å²) in [6.45, 7) is 8.91. The van der Waals surface area contributed by atoms with E-state index in [1.165, 1.54) is 35.4 Å². The zero-order valence-corrected chi connectivity index (χ0v) is 19.2. The van der Waals surface area contributed by atoms with Gasteiger partial charge in [0.05, 0.1) is 0 Å². The average Bonchev–Trinajstić information content (AvgIpc) is 2.89. The first-order chi connectivity index (χ1) is 15.5. The fraction of sp³-hybridized carbons (Fsp3) is 0.308. The first-order valence-corrected chi connectivity index (χ1v) is 10.6. The zero-order valence-electron chi connectivity index (χ0n) is 19.2. The monoisotopic (exact) mass is 456 g/mol. The lowest BCUT2D eigenvalue weighted by molar-refractivity contribution is -0.274. The Balaban J connectivity index is 0.000000286. The molecule has 33 heavy (non-hydrogen) atoms. The highest BCUT2D eigenvalue weighted by molar-refractivity contribution is 5.99. The molecule has 0 saturated carbocycles. The molecule has 0 radical (unpaired) electrons. The fourth-order valence-corrected chi connectivity index (χ4v) is 3.78. The van der Waals surface area contributed by atoms with Gasteiger partial charge in [0, 0.05) is 31.1 Å². The first-order valence-electron chi connectivity index (χ1n) is 10.6. The van der Waals surface area contributed by atoms with E-state index >= 15 is 0 Å². The van der Waals surface area contributed by atoms with Crippen LogP contribution in [0.1, 0.15) is 52.9 Å². The van der Waals surface area contributed by atoms with E-state index in [1.807, 2.05) is 38.4 Å². The van der Waals surface area contributed by atoms with Crippen molar-refractivity contribution >= 4 is 12.1 Å². The molecule has 0 saturated heterocycles. The van der Waals surface area contributed by atoms with Gasteiger partial charge in [0.15, 0.2) is 0 Å². The molecule has 0 bridgehead atoms. The molecule has 4 nitrogen and oxygen atoms in total. The number of ether oxygens (including phenoxy) is 1. The van der Waals surface area contributed by atoms with Gasteiger partial charge in [0.2, 0.25) is 0 Å². The van der Waals surface area contributed by atoms with Crippen molar-refractivity contribution in [1.82, 2.24) is 4.90 Å². The van der Waals surface area contributed by atoms with E-state index in [2.05, 4.69) is 29.7 Å². The minimum atomic E-state index is -4.70. The Labute approximate surface area is 192 Å². The summed E-state index contributed by atoms with van der Waals surface area (Å²) in [5.74, 6) is -0.313. The van der Waals surface area contributed by atoms with Crippen LogP contribution in [-0.4, -0.2) is 23.4 Å². The largest absolute Gasteiger partial charge is 0.573 e. The Morgan fingerprint density at radius 1 is 1.06 bits per heavy atom. The van der Waals surface area contributed by atoms with Crippen LogP contribution >= 0.6 is 0 Å². The Morgan fingerprint density at radius 3 is 2.42 bits per heavy atom. The lowest BCUT2D eigenvalue weighted by Crippen LogP contribution is -2.23. The minimum absolute atomic E-state index is 0.0434. The van der Waals surface area contributed by atoms with E-state index in [1.54, 1.807) is 4.90 Å². The number of hydrogen-bond donors (Lipinski definition) is 0. The van der Waals surface area contributed by atoms with Crippen LogP contribution in [0, 0.1) is 13.8 Å². The molecule has 0 aromatic heterocycles. The van der Waals surface area contributed by atoms with E-state index in [4.69, 9.17) is 0 Å². The zero-order chi connectivity index (χ0) is 24.2. The van der Waals surface area contributed by atoms with E-state index < -0.39 is 6.36 Å². The van der Waals surface area contributed by atoms with Crippen LogP contribution < -0.4 is 4.74 Å². The molecule has 0 aliphatic carbocycles. The van der Waals surface area contributed by atoms with Crippen LogP contribution in [-0.2, 0) is 13.1 Å². The molecule has 7 heteroatoms. The summed E-state index contributed by atoms with van der Waals surface area (Å²) in [6.07, 6.45) is 2.32. The van der Waals surface area contributed by atoms with Crippen molar-refractivity contribution in [2.24, 2.45) is 4.99 Å². The number of benzene rings is 2. The van der Waals surface area contributed by atoms with Crippen LogP contribution in [0.2, 0.25) is 0 Å². The second-order valence-corrected chi connectivity index (χ2v) is 8.37. The smallest absolute Gasteiger partial charge is 0.406 e. The predicted octanol–water partition coefficient (Wildman–Crippen LogP) is 6.67. The average molecular weight is 457 g/mol. The highest BCUT2D eigenvalue weighted by Crippen LogP contribution is 2.29. The van der Waals surface area contributed by atoms with E-state index in [0.29, 0.717) is 13.1 Å². The van der Waals surface area contributed by atoms with Gasteiger partial charge in [-0.3, -0.25) is 9.79 Å². The standard InChI is InChI=1S/C18H16F3NO2.C8H11N/c1-11-7-12(2)16-14(8-11)10-22(17(16)23)9-13-3-5-15(6-4-13)24-18(19,20)21;1-7-3-4-8(2)6-9-5-7/h3-8H,9-10H2,1-2H3;3,5-6H,4H2,1-2H3. The van der Waals surface area contributed by atoms with Gasteiger partial charge in [-0.25, -0.2) is 0 Å². The van der Waals surface area contributed by atoms with Crippen LogP contribution in [0.25, 0.3) is 0 Å². The number of aryl methyl sites for hydroxylation is 2. The van der Waals surface area contributed by atoms with Gasteiger partial charge < -0.3 is 9.64 Å². The van der Waals surface area contributed by atoms with E-state index in [0.717, 1.165) is 34.2 Å². The van der Waals surface area contributed by atoms with Gasteiger partial charge in [-0.15, -0.1) is 13.2 Å². The maximum atomic E-state index is 12.5. The lowest BCUT2D eigenvalue weighted by atomic mass is 10.0. The Bertz CT molecular complexity index is 1110. The number of carbonyl (C=O) groups is 1. The molecular weight excluding hydrogens is 429 g/mol. The number of halogens is 3. The van der Waals surface area contributed by atoms with Crippen molar-refractivity contribution < 1.29 is 22.7 Å². The van der Waals surface area contributed by atoms with Gasteiger partial charge in [-0.05, 0) is 68.5 Å². The molecule has 0 spiro atoms. The molecule has 2 aromatic rings. The number of nitrogens with zero attached hydrogens (tertiary/aromatic N) is 2. The summed E-state index contributed by atoms with van der Waals surface area (Å²) >= 11 is 0. The van der Waals surface area contributed by atoms with Gasteiger partial charge in [-0.2, -0.15) is 0 Å². The number of carbonyl (C=O) groups excluding carboxylic acids is 1. The molecule has 2 aromatic carbocycles. The van der Waals surface area contributed by atoms with E-state index in [9.17, 15) is 18.0 Å². The van der Waals surface area contributed by atoms with E-state index in [-0.39, 0.29) is 11.7 Å². The second kappa shape index (κ2) is 10.1. The molecule has 2 aliphatic rings. The number of allylic oxidation sites excluding steroid dienone is 3. The molecule has 2 aliphatic heterocycles. The number of fused-ring (bicyclic) bond motifs is 1. The maximum absolute atomic E-state index is 12.5. The molecule has 0 N–H and O–H groups in total. The first kappa shape index (κ1) is 24.3. The SMILES string of the molecule is CC1=CCC(C)=CN=C1.Cc1cc(C)c2c(c1)CN(Cc1ccc(OC(F)(F)F)cc1)C2=O. The van der Waals surface area contributed by atoms with Crippen LogP contribution in [0.4, 0.5) is 13.2 Å². The van der Waals surface area contributed by atoms with Gasteiger partial charge in [0.1, 0.15) is 5.75 Å². The Hall–Kier alpha value is -3.35. The molecular formula is C26H27F3N2O2. The van der Waals surface area contributed by atoms with Crippen LogP contribution in [0.3, 0.4) is 0 Å². The highest BCUT2D eigenvalue weighted by Gasteiger charge is 2.31. The van der Waals surface area contributed by atoms with Crippen molar-refractivity contribution in [3.63, 3.8) is 0 Å². The topological polar surface area (TPSA) is 41.9 Å². The molecule has 0 unspecified atom stereocenters. The normalized spacial score (nSPS) is 15.2. The minimum Gasteiger partial charge on any atom is -0.406 e. The van der Waals surface area contributed by atoms with Gasteiger partial charge >= 0.3 is 6.36 Å². The summed E-state index contributed by atoms with van der Waals surface area (Å²) in [5.41, 5.74) is 7.11. The summed E-state index contributed by atoms with van der Waals surface area (Å²) in [7, 11) is 0. The van der Waals surface area contributed by atoms with Crippen molar-refractivity contribution in [2.45, 2.75) is 53.6 Å². The second-order valence-electron chi connectivity index (χ2n) is 8.37. The summed E-state index contributed by atoms with van der Waals surface area (Å²) in [5, 5.41) is 0.